The maximum atomic E-state index is 12.4. The van der Waals surface area contributed by atoms with Crippen LogP contribution in [-0.2, 0) is 9.53 Å². The highest BCUT2D eigenvalue weighted by Crippen LogP contribution is 2.15. The van der Waals surface area contributed by atoms with E-state index in [-0.39, 0.29) is 0 Å². The minimum absolute atomic E-state index is 0.325. The molecule has 0 aliphatic heterocycles. The Morgan fingerprint density at radius 1 is 1.00 bits per heavy atom. The van der Waals surface area contributed by atoms with Gasteiger partial charge in [0.2, 0.25) is 5.91 Å². The Labute approximate surface area is 173 Å². The molecule has 3 aromatic rings. The second-order valence-corrected chi connectivity index (χ2v) is 6.86. The predicted molar refractivity (Wildman–Crippen MR) is 112 cm³/mol. The minimum atomic E-state index is -1.01. The van der Waals surface area contributed by atoms with Gasteiger partial charge in [0, 0.05) is 16.9 Å². The molecule has 2 aromatic carbocycles. The van der Waals surface area contributed by atoms with Crippen molar-refractivity contribution in [1.29, 1.82) is 0 Å². The number of amides is 2. The van der Waals surface area contributed by atoms with Crippen LogP contribution >= 0.6 is 0 Å². The molecule has 3 rings (SSSR count). The number of nitrogens with two attached hydrogens (primary N) is 1. The molecule has 0 saturated carbocycles. The third kappa shape index (κ3) is 4.72. The van der Waals surface area contributed by atoms with Crippen molar-refractivity contribution in [3.8, 4) is 5.69 Å². The quantitative estimate of drug-likeness (QED) is 0.611. The summed E-state index contributed by atoms with van der Waals surface area (Å²) in [5, 5.41) is 7.03. The zero-order chi connectivity index (χ0) is 21.8. The highest BCUT2D eigenvalue weighted by Gasteiger charge is 2.19. The average molecular weight is 406 g/mol. The van der Waals surface area contributed by atoms with Gasteiger partial charge in [0.15, 0.2) is 6.10 Å². The molecule has 1 aromatic heterocycles. The lowest BCUT2D eigenvalue weighted by atomic mass is 10.2. The molecule has 0 radical (unpaired) electrons. The number of nitrogens with zero attached hydrogens (tertiary/aromatic N) is 2. The van der Waals surface area contributed by atoms with Crippen LogP contribution in [0.15, 0.2) is 54.6 Å². The number of aromatic nitrogens is 2. The lowest BCUT2D eigenvalue weighted by Gasteiger charge is -2.14. The molecule has 1 atom stereocenters. The maximum Gasteiger partial charge on any atom is 0.338 e. The molecule has 3 N–H and O–H groups in total. The van der Waals surface area contributed by atoms with Crippen molar-refractivity contribution in [2.75, 3.05) is 5.32 Å². The van der Waals surface area contributed by atoms with E-state index in [9.17, 15) is 14.4 Å². The van der Waals surface area contributed by atoms with E-state index in [0.29, 0.717) is 16.8 Å². The van der Waals surface area contributed by atoms with Crippen LogP contribution in [-0.4, -0.2) is 33.7 Å². The van der Waals surface area contributed by atoms with Crippen molar-refractivity contribution in [3.63, 3.8) is 0 Å². The Morgan fingerprint density at radius 3 is 2.13 bits per heavy atom. The van der Waals surface area contributed by atoms with Crippen molar-refractivity contribution in [2.45, 2.75) is 26.9 Å². The van der Waals surface area contributed by atoms with Gasteiger partial charge in [0.1, 0.15) is 0 Å². The van der Waals surface area contributed by atoms with Crippen molar-refractivity contribution < 1.29 is 19.1 Å². The smallest absolute Gasteiger partial charge is 0.338 e. The first kappa shape index (κ1) is 20.8. The molecular formula is C22H22N4O4. The fraction of sp³-hybridized carbons (Fsp3) is 0.182. The van der Waals surface area contributed by atoms with Crippen LogP contribution in [0.4, 0.5) is 5.69 Å². The Kier molecular flexibility index (Phi) is 5.96. The normalized spacial score (nSPS) is 11.6. The highest BCUT2D eigenvalue weighted by atomic mass is 16.5. The Bertz CT molecular complexity index is 1090. The van der Waals surface area contributed by atoms with Crippen LogP contribution in [0.5, 0.6) is 0 Å². The molecule has 0 aliphatic rings. The number of rotatable bonds is 6. The van der Waals surface area contributed by atoms with Gasteiger partial charge in [-0.05, 0) is 75.4 Å². The van der Waals surface area contributed by atoms with Crippen LogP contribution in [0, 0.1) is 13.8 Å². The molecule has 2 amide bonds. The number of benzene rings is 2. The van der Waals surface area contributed by atoms with Gasteiger partial charge in [0.05, 0.1) is 16.9 Å². The Balaban J connectivity index is 1.61. The molecule has 0 bridgehead atoms. The van der Waals surface area contributed by atoms with Crippen LogP contribution in [0.25, 0.3) is 5.69 Å². The van der Waals surface area contributed by atoms with Gasteiger partial charge in [0.25, 0.3) is 5.91 Å². The van der Waals surface area contributed by atoms with Gasteiger partial charge in [-0.25, -0.2) is 9.48 Å². The number of primary amides is 1. The molecule has 30 heavy (non-hydrogen) atoms. The zero-order valence-corrected chi connectivity index (χ0v) is 16.9. The molecule has 0 saturated heterocycles. The van der Waals surface area contributed by atoms with Gasteiger partial charge in [-0.2, -0.15) is 5.10 Å². The molecule has 0 spiro atoms. The van der Waals surface area contributed by atoms with E-state index in [1.165, 1.54) is 19.1 Å². The third-order valence-corrected chi connectivity index (χ3v) is 4.45. The number of ether oxygens (including phenoxy) is 1. The topological polar surface area (TPSA) is 116 Å². The first-order valence-corrected chi connectivity index (χ1v) is 9.30. The molecule has 8 nitrogen and oxygen atoms in total. The van der Waals surface area contributed by atoms with Crippen molar-refractivity contribution in [1.82, 2.24) is 9.78 Å². The average Bonchev–Trinajstić information content (AvgIpc) is 3.06. The standard InChI is InChI=1S/C22H22N4O4/c1-13-12-14(2)26(25-13)19-10-6-17(7-11-19)22(29)30-15(3)21(28)24-18-8-4-16(5-9-18)20(23)27/h4-12,15H,1-3H3,(H2,23,27)(H,24,28)/t15-/m1/s1. The van der Waals surface area contributed by atoms with Gasteiger partial charge in [-0.3, -0.25) is 9.59 Å². The number of anilines is 1. The second kappa shape index (κ2) is 8.60. The fourth-order valence-electron chi connectivity index (χ4n) is 2.87. The first-order chi connectivity index (χ1) is 14.2. The summed E-state index contributed by atoms with van der Waals surface area (Å²) >= 11 is 0. The maximum absolute atomic E-state index is 12.4. The summed E-state index contributed by atoms with van der Waals surface area (Å²) in [6.07, 6.45) is -1.01. The zero-order valence-electron chi connectivity index (χ0n) is 16.9. The first-order valence-electron chi connectivity index (χ1n) is 9.30. The van der Waals surface area contributed by atoms with Crippen molar-refractivity contribution in [3.05, 3.63) is 77.1 Å². The molecule has 8 heteroatoms. The monoisotopic (exact) mass is 406 g/mol. The van der Waals surface area contributed by atoms with Crippen molar-refractivity contribution >= 4 is 23.5 Å². The lowest BCUT2D eigenvalue weighted by molar-refractivity contribution is -0.123. The van der Waals surface area contributed by atoms with Gasteiger partial charge < -0.3 is 15.8 Å². The predicted octanol–water partition coefficient (Wildman–Crippen LogP) is 2.77. The van der Waals surface area contributed by atoms with E-state index in [1.807, 2.05) is 19.9 Å². The van der Waals surface area contributed by atoms with E-state index < -0.39 is 23.9 Å². The third-order valence-electron chi connectivity index (χ3n) is 4.45. The molecule has 0 aliphatic carbocycles. The number of nitrogens with one attached hydrogen (secondary N) is 1. The number of carbonyl (C=O) groups is 3. The molecule has 0 unspecified atom stereocenters. The highest BCUT2D eigenvalue weighted by molar-refractivity contribution is 5.98. The van der Waals surface area contributed by atoms with Crippen molar-refractivity contribution in [2.24, 2.45) is 5.73 Å². The summed E-state index contributed by atoms with van der Waals surface area (Å²) in [5.74, 6) is -1.66. The molecule has 1 heterocycles. The number of hydrogen-bond donors (Lipinski definition) is 2. The van der Waals surface area contributed by atoms with Crippen LogP contribution < -0.4 is 11.1 Å². The summed E-state index contributed by atoms with van der Waals surface area (Å²) in [6.45, 7) is 5.34. The van der Waals surface area contributed by atoms with Gasteiger partial charge in [-0.1, -0.05) is 0 Å². The number of aryl methyl sites for hydroxylation is 2. The minimum Gasteiger partial charge on any atom is -0.449 e. The molecule has 0 fully saturated rings. The Morgan fingerprint density at radius 2 is 1.60 bits per heavy atom. The number of hydrogen-bond acceptors (Lipinski definition) is 5. The van der Waals surface area contributed by atoms with E-state index >= 15 is 0 Å². The SMILES string of the molecule is Cc1cc(C)n(-c2ccc(C(=O)O[C@H](C)C(=O)Nc3ccc(C(N)=O)cc3)cc2)n1. The van der Waals surface area contributed by atoms with Crippen LogP contribution in [0.3, 0.4) is 0 Å². The second-order valence-electron chi connectivity index (χ2n) is 6.86. The lowest BCUT2D eigenvalue weighted by Crippen LogP contribution is -2.30. The number of esters is 1. The summed E-state index contributed by atoms with van der Waals surface area (Å²) in [6, 6.07) is 14.8. The van der Waals surface area contributed by atoms with E-state index in [1.54, 1.807) is 41.1 Å². The summed E-state index contributed by atoms with van der Waals surface area (Å²) < 4.78 is 7.04. The molecule has 154 valence electrons. The van der Waals surface area contributed by atoms with E-state index in [0.717, 1.165) is 17.1 Å². The number of carbonyl (C=O) groups excluding carboxylic acids is 3. The van der Waals surface area contributed by atoms with Crippen LogP contribution in [0.2, 0.25) is 0 Å². The molecular weight excluding hydrogens is 384 g/mol. The van der Waals surface area contributed by atoms with E-state index in [2.05, 4.69) is 10.4 Å². The van der Waals surface area contributed by atoms with Crippen LogP contribution in [0.1, 0.15) is 39.0 Å². The van der Waals surface area contributed by atoms with E-state index in [4.69, 9.17) is 10.5 Å². The Hall–Kier alpha value is -3.94. The van der Waals surface area contributed by atoms with Gasteiger partial charge >= 0.3 is 5.97 Å². The summed E-state index contributed by atoms with van der Waals surface area (Å²) in [5.41, 5.74) is 9.01. The summed E-state index contributed by atoms with van der Waals surface area (Å²) in [4.78, 5) is 35.8. The fourth-order valence-corrected chi connectivity index (χ4v) is 2.87. The van der Waals surface area contributed by atoms with Gasteiger partial charge in [-0.15, -0.1) is 0 Å². The largest absolute Gasteiger partial charge is 0.449 e. The summed E-state index contributed by atoms with van der Waals surface area (Å²) in [7, 11) is 0.